The van der Waals surface area contributed by atoms with Crippen molar-refractivity contribution in [3.63, 3.8) is 0 Å². The molecule has 0 saturated heterocycles. The molecule has 0 amide bonds. The van der Waals surface area contributed by atoms with E-state index in [-0.39, 0.29) is 10.6 Å². The second-order valence-corrected chi connectivity index (χ2v) is 6.64. The molecule has 136 valence electrons. The monoisotopic (exact) mass is 392 g/mol. The minimum Gasteiger partial charge on any atom is -0.382 e. The number of nitrogens with zero attached hydrogens (tertiary/aromatic N) is 5. The molecule has 0 aliphatic carbocycles. The Kier molecular flexibility index (Phi) is 5.90. The lowest BCUT2D eigenvalue weighted by molar-refractivity contribution is 0.619. The van der Waals surface area contributed by atoms with Gasteiger partial charge >= 0.3 is 0 Å². The number of unbranched alkanes of at least 4 members (excludes halogenated alkanes) is 1. The first-order valence-electron chi connectivity index (χ1n) is 8.17. The zero-order chi connectivity index (χ0) is 18.5. The molecule has 2 heterocycles. The summed E-state index contributed by atoms with van der Waals surface area (Å²) in [7, 11) is 0. The van der Waals surface area contributed by atoms with E-state index < -0.39 is 0 Å². The van der Waals surface area contributed by atoms with Crippen LogP contribution < -0.4 is 10.9 Å². The average Bonchev–Trinajstić information content (AvgIpc) is 3.14. The largest absolute Gasteiger partial charge is 0.382 e. The maximum atomic E-state index is 12.5. The summed E-state index contributed by atoms with van der Waals surface area (Å²) >= 11 is 12.3. The van der Waals surface area contributed by atoms with Gasteiger partial charge in [-0.2, -0.15) is 9.78 Å². The summed E-state index contributed by atoms with van der Waals surface area (Å²) in [6.45, 7) is 3.42. The van der Waals surface area contributed by atoms with Gasteiger partial charge in [0.2, 0.25) is 0 Å². The molecule has 0 radical (unpaired) electrons. The third-order valence-electron chi connectivity index (χ3n) is 3.94. The number of nitrogens with one attached hydrogen (secondary N) is 1. The van der Waals surface area contributed by atoms with Crippen LogP contribution in [0.2, 0.25) is 10.0 Å². The second-order valence-electron chi connectivity index (χ2n) is 5.86. The molecular formula is C17H18Cl2N6O. The molecule has 0 bridgehead atoms. The Bertz CT molecular complexity index is 939. The van der Waals surface area contributed by atoms with Gasteiger partial charge in [0.05, 0.1) is 17.6 Å². The Morgan fingerprint density at radius 2 is 1.92 bits per heavy atom. The lowest BCUT2D eigenvalue weighted by atomic mass is 10.2. The molecule has 0 atom stereocenters. The summed E-state index contributed by atoms with van der Waals surface area (Å²) in [5.74, 6) is 0. The zero-order valence-electron chi connectivity index (χ0n) is 14.2. The van der Waals surface area contributed by atoms with Crippen LogP contribution in [0, 0.1) is 6.92 Å². The number of halogens is 2. The van der Waals surface area contributed by atoms with Crippen LogP contribution in [0.1, 0.15) is 18.4 Å². The van der Waals surface area contributed by atoms with Crippen molar-refractivity contribution in [2.75, 3.05) is 11.9 Å². The molecule has 0 spiro atoms. The number of aryl methyl sites for hydroxylation is 2. The summed E-state index contributed by atoms with van der Waals surface area (Å²) in [5, 5.41) is 15.6. The fraction of sp³-hybridized carbons (Fsp3) is 0.294. The molecule has 1 aromatic carbocycles. The van der Waals surface area contributed by atoms with Gasteiger partial charge in [-0.05, 0) is 37.5 Å². The smallest absolute Gasteiger partial charge is 0.292 e. The van der Waals surface area contributed by atoms with Crippen molar-refractivity contribution in [1.29, 1.82) is 0 Å². The predicted molar refractivity (Wildman–Crippen MR) is 102 cm³/mol. The predicted octanol–water partition coefficient (Wildman–Crippen LogP) is 3.33. The maximum Gasteiger partial charge on any atom is 0.292 e. The van der Waals surface area contributed by atoms with Crippen LogP contribution in [0.25, 0.3) is 5.69 Å². The Labute approximate surface area is 160 Å². The first kappa shape index (κ1) is 18.4. The molecule has 2 aromatic heterocycles. The van der Waals surface area contributed by atoms with Crippen molar-refractivity contribution in [3.05, 3.63) is 63.0 Å². The Morgan fingerprint density at radius 1 is 1.15 bits per heavy atom. The highest BCUT2D eigenvalue weighted by molar-refractivity contribution is 6.33. The van der Waals surface area contributed by atoms with Gasteiger partial charge in [-0.1, -0.05) is 29.3 Å². The molecule has 7 nitrogen and oxygen atoms in total. The second kappa shape index (κ2) is 8.33. The topological polar surface area (TPSA) is 77.6 Å². The van der Waals surface area contributed by atoms with Crippen LogP contribution in [0.4, 0.5) is 5.69 Å². The number of benzene rings is 1. The van der Waals surface area contributed by atoms with Gasteiger partial charge in [0.1, 0.15) is 17.7 Å². The molecule has 0 aliphatic heterocycles. The van der Waals surface area contributed by atoms with Crippen molar-refractivity contribution in [3.8, 4) is 5.69 Å². The standard InChI is InChI=1S/C17H18Cl2N6O/c1-12-4-5-13(8-14(12)18)25-17(26)16(19)15(9-23-25)20-6-2-3-7-24-10-21-22-11-24/h4-5,8-11,20H,2-3,6-7H2,1H3. The van der Waals surface area contributed by atoms with Crippen LogP contribution in [-0.2, 0) is 6.54 Å². The number of rotatable bonds is 7. The van der Waals surface area contributed by atoms with Crippen molar-refractivity contribution >= 4 is 28.9 Å². The van der Waals surface area contributed by atoms with E-state index in [0.717, 1.165) is 24.9 Å². The summed E-state index contributed by atoms with van der Waals surface area (Å²) < 4.78 is 3.16. The lowest BCUT2D eigenvalue weighted by Crippen LogP contribution is -2.23. The van der Waals surface area contributed by atoms with E-state index in [1.165, 1.54) is 4.68 Å². The van der Waals surface area contributed by atoms with Crippen molar-refractivity contribution in [2.24, 2.45) is 0 Å². The van der Waals surface area contributed by atoms with Gasteiger partial charge < -0.3 is 9.88 Å². The lowest BCUT2D eigenvalue weighted by Gasteiger charge is -2.11. The van der Waals surface area contributed by atoms with Gasteiger partial charge in [0, 0.05) is 18.1 Å². The molecule has 9 heteroatoms. The Morgan fingerprint density at radius 3 is 2.65 bits per heavy atom. The fourth-order valence-electron chi connectivity index (χ4n) is 2.43. The van der Waals surface area contributed by atoms with Crippen molar-refractivity contribution in [2.45, 2.75) is 26.3 Å². The van der Waals surface area contributed by atoms with Gasteiger partial charge in [0.15, 0.2) is 0 Å². The first-order chi connectivity index (χ1) is 12.6. The third kappa shape index (κ3) is 4.23. The summed E-state index contributed by atoms with van der Waals surface area (Å²) in [6.07, 6.45) is 6.79. The first-order valence-corrected chi connectivity index (χ1v) is 8.92. The minimum absolute atomic E-state index is 0.107. The van der Waals surface area contributed by atoms with Gasteiger partial charge in [-0.15, -0.1) is 10.2 Å². The molecule has 1 N–H and O–H groups in total. The Balaban J connectivity index is 1.63. The van der Waals surface area contributed by atoms with Crippen LogP contribution in [0.15, 0.2) is 41.8 Å². The van der Waals surface area contributed by atoms with Crippen LogP contribution in [0.3, 0.4) is 0 Å². The molecule has 3 aromatic rings. The van der Waals surface area contributed by atoms with E-state index in [4.69, 9.17) is 23.2 Å². The molecule has 0 aliphatic rings. The van der Waals surface area contributed by atoms with Gasteiger partial charge in [0.25, 0.3) is 5.56 Å². The van der Waals surface area contributed by atoms with Gasteiger partial charge in [-0.3, -0.25) is 4.79 Å². The number of hydrogen-bond acceptors (Lipinski definition) is 5. The average molecular weight is 393 g/mol. The van der Waals surface area contributed by atoms with Crippen LogP contribution in [0.5, 0.6) is 0 Å². The normalized spacial score (nSPS) is 10.9. The fourth-order valence-corrected chi connectivity index (χ4v) is 2.80. The molecule has 0 saturated carbocycles. The quantitative estimate of drug-likeness (QED) is 0.623. The zero-order valence-corrected chi connectivity index (χ0v) is 15.7. The van der Waals surface area contributed by atoms with Crippen LogP contribution >= 0.6 is 23.2 Å². The number of hydrogen-bond donors (Lipinski definition) is 1. The molecule has 3 rings (SSSR count). The molecule has 0 unspecified atom stereocenters. The highest BCUT2D eigenvalue weighted by Crippen LogP contribution is 2.20. The number of anilines is 1. The Hall–Kier alpha value is -2.38. The highest BCUT2D eigenvalue weighted by Gasteiger charge is 2.11. The summed E-state index contributed by atoms with van der Waals surface area (Å²) in [4.78, 5) is 12.5. The van der Waals surface area contributed by atoms with E-state index in [2.05, 4.69) is 20.6 Å². The molecule has 0 fully saturated rings. The maximum absolute atomic E-state index is 12.5. The van der Waals surface area contributed by atoms with E-state index in [1.54, 1.807) is 31.0 Å². The molecular weight excluding hydrogens is 375 g/mol. The van der Waals surface area contributed by atoms with E-state index in [0.29, 0.717) is 22.9 Å². The summed E-state index contributed by atoms with van der Waals surface area (Å²) in [6, 6.07) is 5.31. The van der Waals surface area contributed by atoms with Gasteiger partial charge in [-0.25, -0.2) is 0 Å². The van der Waals surface area contributed by atoms with E-state index >= 15 is 0 Å². The van der Waals surface area contributed by atoms with E-state index in [1.807, 2.05) is 17.6 Å². The number of aromatic nitrogens is 5. The third-order valence-corrected chi connectivity index (χ3v) is 4.72. The van der Waals surface area contributed by atoms with Crippen LogP contribution in [-0.4, -0.2) is 31.1 Å². The summed E-state index contributed by atoms with van der Waals surface area (Å²) in [5.41, 5.74) is 1.64. The van der Waals surface area contributed by atoms with E-state index in [9.17, 15) is 4.79 Å². The molecule has 26 heavy (non-hydrogen) atoms. The van der Waals surface area contributed by atoms with Crippen molar-refractivity contribution in [1.82, 2.24) is 24.5 Å². The highest BCUT2D eigenvalue weighted by atomic mass is 35.5. The van der Waals surface area contributed by atoms with Crippen molar-refractivity contribution < 1.29 is 0 Å². The minimum atomic E-state index is -0.388. The SMILES string of the molecule is Cc1ccc(-n2ncc(NCCCCn3cnnc3)c(Cl)c2=O)cc1Cl.